The van der Waals surface area contributed by atoms with E-state index < -0.39 is 0 Å². The first-order valence-corrected chi connectivity index (χ1v) is 10.3. The number of carbonyl (C=O) groups is 1. The number of rotatable bonds is 7. The number of nitrogens with zero attached hydrogens (tertiary/aromatic N) is 1. The molecule has 5 heteroatoms. The van der Waals surface area contributed by atoms with Crippen LogP contribution in [0, 0.1) is 22.7 Å². The van der Waals surface area contributed by atoms with Gasteiger partial charge in [0.15, 0.2) is 0 Å². The molecule has 2 fully saturated rings. The largest absolute Gasteiger partial charge is 0.453 e. The summed E-state index contributed by atoms with van der Waals surface area (Å²) in [5.74, 6) is 0.632. The predicted octanol–water partition coefficient (Wildman–Crippen LogP) is 3.61. The Labute approximate surface area is 164 Å². The normalized spacial score (nSPS) is 39.0. The minimum absolute atomic E-state index is 0.0210. The van der Waals surface area contributed by atoms with Crippen LogP contribution in [0.4, 0.5) is 4.79 Å². The van der Waals surface area contributed by atoms with E-state index in [1.54, 1.807) is 7.11 Å². The van der Waals surface area contributed by atoms with Gasteiger partial charge in [-0.05, 0) is 46.6 Å². The zero-order valence-electron chi connectivity index (χ0n) is 17.9. The number of amides is 1. The number of carbonyl (C=O) groups excluding carboxylic acids is 1. The molecule has 5 nitrogen and oxygen atoms in total. The first-order chi connectivity index (χ1) is 12.8. The Hall–Kier alpha value is -1.33. The van der Waals surface area contributed by atoms with Crippen LogP contribution in [0.25, 0.3) is 0 Å². The van der Waals surface area contributed by atoms with E-state index >= 15 is 0 Å². The zero-order valence-corrected chi connectivity index (χ0v) is 17.9. The van der Waals surface area contributed by atoms with Gasteiger partial charge in [0.05, 0.1) is 13.2 Å². The number of methoxy groups -OCH3 is 2. The standard InChI is InChI=1S/C22H36N2O3/c1-14(2)24(15(3)4)13-12-21-17-10-8-9-11-22(17,21)19(26-6)16(5)18(21)23-20(25)27-7/h8-11,14-19H,12-13H2,1-7H3,(H,23,25)/t16-,17+,18-,19+,21?,22+/m1/s1. The molecule has 1 unspecified atom stereocenters. The van der Waals surface area contributed by atoms with Gasteiger partial charge in [-0.3, -0.25) is 4.90 Å². The molecular formula is C22H36N2O3. The fourth-order valence-electron chi connectivity index (χ4n) is 6.51. The topological polar surface area (TPSA) is 50.8 Å². The van der Waals surface area contributed by atoms with E-state index in [0.29, 0.717) is 18.0 Å². The molecule has 0 heterocycles. The summed E-state index contributed by atoms with van der Waals surface area (Å²) in [4.78, 5) is 14.7. The van der Waals surface area contributed by atoms with Gasteiger partial charge in [0, 0.05) is 42.0 Å². The Balaban J connectivity index is 1.95. The quantitative estimate of drug-likeness (QED) is 0.737. The van der Waals surface area contributed by atoms with Crippen LogP contribution in [-0.2, 0) is 9.47 Å². The van der Waals surface area contributed by atoms with Gasteiger partial charge in [0.25, 0.3) is 0 Å². The second kappa shape index (κ2) is 7.25. The average molecular weight is 377 g/mol. The lowest BCUT2D eigenvalue weighted by Crippen LogP contribution is -2.48. The van der Waals surface area contributed by atoms with Crippen LogP contribution in [0.3, 0.4) is 0 Å². The first-order valence-electron chi connectivity index (χ1n) is 10.3. The van der Waals surface area contributed by atoms with Gasteiger partial charge >= 0.3 is 6.09 Å². The van der Waals surface area contributed by atoms with Gasteiger partial charge in [-0.2, -0.15) is 0 Å². The molecule has 3 rings (SSSR count). The van der Waals surface area contributed by atoms with E-state index in [9.17, 15) is 4.79 Å². The Kier molecular flexibility index (Phi) is 5.48. The third-order valence-electron chi connectivity index (χ3n) is 7.43. The molecule has 1 amide bonds. The Bertz CT molecular complexity index is 621. The minimum Gasteiger partial charge on any atom is -0.453 e. The summed E-state index contributed by atoms with van der Waals surface area (Å²) in [5, 5.41) is 3.18. The SMILES string of the molecule is COC(=O)N[C@@H]1[C@@H](C)[C@H](OC)[C@]23C=CC=C[C@H]2C13CCN(C(C)C)C(C)C. The molecule has 0 radical (unpaired) electrons. The van der Waals surface area contributed by atoms with Crippen molar-refractivity contribution in [1.82, 2.24) is 10.2 Å². The van der Waals surface area contributed by atoms with Crippen LogP contribution in [0.5, 0.6) is 0 Å². The number of allylic oxidation sites excluding steroid dienone is 3. The third kappa shape index (κ3) is 2.77. The molecule has 0 bridgehead atoms. The van der Waals surface area contributed by atoms with Crippen LogP contribution in [0.15, 0.2) is 24.3 Å². The van der Waals surface area contributed by atoms with E-state index in [2.05, 4.69) is 69.1 Å². The van der Waals surface area contributed by atoms with Gasteiger partial charge in [-0.1, -0.05) is 31.2 Å². The number of fused-ring (bicyclic) bond motifs is 1. The highest BCUT2D eigenvalue weighted by atomic mass is 16.5. The molecule has 27 heavy (non-hydrogen) atoms. The second-order valence-electron chi connectivity index (χ2n) is 9.00. The zero-order chi connectivity index (χ0) is 20.0. The van der Waals surface area contributed by atoms with Crippen LogP contribution in [0.2, 0.25) is 0 Å². The van der Waals surface area contributed by atoms with Gasteiger partial charge in [-0.15, -0.1) is 0 Å². The molecule has 0 aliphatic heterocycles. The smallest absolute Gasteiger partial charge is 0.407 e. The van der Waals surface area contributed by atoms with Crippen molar-refractivity contribution in [2.45, 2.75) is 65.3 Å². The maximum Gasteiger partial charge on any atom is 0.407 e. The molecule has 1 N–H and O–H groups in total. The van der Waals surface area contributed by atoms with E-state index in [0.717, 1.165) is 13.0 Å². The Morgan fingerprint density at radius 1 is 1.19 bits per heavy atom. The molecule has 3 aliphatic rings. The van der Waals surface area contributed by atoms with E-state index in [4.69, 9.17) is 9.47 Å². The average Bonchev–Trinajstić information content (AvgIpc) is 3.16. The summed E-state index contributed by atoms with van der Waals surface area (Å²) in [5.41, 5.74) is -0.0476. The van der Waals surface area contributed by atoms with Crippen LogP contribution in [0.1, 0.15) is 41.0 Å². The monoisotopic (exact) mass is 376 g/mol. The van der Waals surface area contributed by atoms with Gasteiger partial charge in [0.2, 0.25) is 0 Å². The fourth-order valence-corrected chi connectivity index (χ4v) is 6.51. The second-order valence-corrected chi connectivity index (χ2v) is 9.00. The highest BCUT2D eigenvalue weighted by molar-refractivity contribution is 5.68. The summed E-state index contributed by atoms with van der Waals surface area (Å²) in [6, 6.07) is 1.02. The van der Waals surface area contributed by atoms with Crippen LogP contribution in [-0.4, -0.2) is 56.0 Å². The number of nitrogens with one attached hydrogen (secondary N) is 1. The molecule has 3 aliphatic carbocycles. The summed E-state index contributed by atoms with van der Waals surface area (Å²) in [6.45, 7) is 12.2. The van der Waals surface area contributed by atoms with Crippen LogP contribution >= 0.6 is 0 Å². The number of hydrogen-bond acceptors (Lipinski definition) is 4. The lowest BCUT2D eigenvalue weighted by molar-refractivity contribution is 0.0253. The summed E-state index contributed by atoms with van der Waals surface area (Å²) < 4.78 is 11.0. The van der Waals surface area contributed by atoms with E-state index in [1.165, 1.54) is 7.11 Å². The van der Waals surface area contributed by atoms with Crippen molar-refractivity contribution in [2.75, 3.05) is 20.8 Å². The maximum absolute atomic E-state index is 12.2. The van der Waals surface area contributed by atoms with Crippen molar-refractivity contribution in [3.8, 4) is 0 Å². The van der Waals surface area contributed by atoms with Crippen molar-refractivity contribution in [3.05, 3.63) is 24.3 Å². The maximum atomic E-state index is 12.2. The highest BCUT2D eigenvalue weighted by Gasteiger charge is 2.85. The fraction of sp³-hybridized carbons (Fsp3) is 0.773. The molecular weight excluding hydrogens is 340 g/mol. The van der Waals surface area contributed by atoms with Gasteiger partial charge in [-0.25, -0.2) is 4.79 Å². The molecule has 0 aromatic carbocycles. The third-order valence-corrected chi connectivity index (χ3v) is 7.43. The van der Waals surface area contributed by atoms with Gasteiger partial charge in [0.1, 0.15) is 0 Å². The molecule has 0 aromatic rings. The first kappa shape index (κ1) is 20.4. The van der Waals surface area contributed by atoms with Crippen molar-refractivity contribution in [3.63, 3.8) is 0 Å². The molecule has 1 spiro atoms. The predicted molar refractivity (Wildman–Crippen MR) is 108 cm³/mol. The number of ether oxygens (including phenoxy) is 2. The highest BCUT2D eigenvalue weighted by Crippen LogP contribution is 2.82. The summed E-state index contributed by atoms with van der Waals surface area (Å²) in [7, 11) is 3.24. The Morgan fingerprint density at radius 2 is 1.85 bits per heavy atom. The minimum atomic E-state index is -0.348. The van der Waals surface area contributed by atoms with E-state index in [-0.39, 0.29) is 35.0 Å². The molecule has 2 saturated carbocycles. The lowest BCUT2D eigenvalue weighted by Gasteiger charge is -2.35. The van der Waals surface area contributed by atoms with Crippen molar-refractivity contribution >= 4 is 6.09 Å². The summed E-state index contributed by atoms with van der Waals surface area (Å²) >= 11 is 0. The number of hydrogen-bond donors (Lipinski definition) is 1. The number of alkyl carbamates (subject to hydrolysis) is 1. The molecule has 0 saturated heterocycles. The van der Waals surface area contributed by atoms with Crippen molar-refractivity contribution in [2.24, 2.45) is 22.7 Å². The molecule has 6 atom stereocenters. The molecule has 152 valence electrons. The summed E-state index contributed by atoms with van der Waals surface area (Å²) in [6.07, 6.45) is 9.74. The van der Waals surface area contributed by atoms with Crippen molar-refractivity contribution in [1.29, 1.82) is 0 Å². The van der Waals surface area contributed by atoms with E-state index in [1.807, 2.05) is 0 Å². The van der Waals surface area contributed by atoms with Crippen molar-refractivity contribution < 1.29 is 14.3 Å². The van der Waals surface area contributed by atoms with Gasteiger partial charge < -0.3 is 14.8 Å². The van der Waals surface area contributed by atoms with Crippen LogP contribution < -0.4 is 5.32 Å². The molecule has 0 aromatic heterocycles. The lowest BCUT2D eigenvalue weighted by atomic mass is 9.84. The Morgan fingerprint density at radius 3 is 2.41 bits per heavy atom.